The summed E-state index contributed by atoms with van der Waals surface area (Å²) in [7, 11) is 2.10. The molecule has 0 N–H and O–H groups in total. The molecule has 3 nitrogen and oxygen atoms in total. The first-order valence-corrected chi connectivity index (χ1v) is 8.43. The summed E-state index contributed by atoms with van der Waals surface area (Å²) in [6.45, 7) is 4.49. The number of benzene rings is 1. The molecule has 4 rings (SSSR count). The van der Waals surface area contributed by atoms with Gasteiger partial charge in [-0.3, -0.25) is 9.78 Å². The summed E-state index contributed by atoms with van der Waals surface area (Å²) in [6, 6.07) is 10.5. The van der Waals surface area contributed by atoms with Gasteiger partial charge < -0.3 is 4.90 Å². The zero-order valence-corrected chi connectivity index (χ0v) is 14.7. The predicted molar refractivity (Wildman–Crippen MR) is 102 cm³/mol. The Morgan fingerprint density at radius 1 is 1.12 bits per heavy atom. The van der Waals surface area contributed by atoms with E-state index < -0.39 is 0 Å². The maximum Gasteiger partial charge on any atom is 0.204 e. The molecule has 1 aliphatic heterocycles. The average Bonchev–Trinajstić information content (AvgIpc) is 2.81. The number of anilines is 1. The van der Waals surface area contributed by atoms with Gasteiger partial charge >= 0.3 is 0 Å². The van der Waals surface area contributed by atoms with Crippen LogP contribution in [0.2, 0.25) is 0 Å². The molecular formula is C22H20N2O. The van der Waals surface area contributed by atoms with Crippen LogP contribution in [0.25, 0.3) is 12.2 Å². The summed E-state index contributed by atoms with van der Waals surface area (Å²) in [5, 5.41) is 1.90. The minimum absolute atomic E-state index is 0.0360. The molecule has 0 atom stereocenters. The van der Waals surface area contributed by atoms with Crippen molar-refractivity contribution in [2.75, 3.05) is 11.9 Å². The zero-order valence-electron chi connectivity index (χ0n) is 14.7. The van der Waals surface area contributed by atoms with E-state index in [1.54, 1.807) is 18.3 Å². The van der Waals surface area contributed by atoms with E-state index in [0.717, 1.165) is 10.4 Å². The molecule has 0 bridgehead atoms. The van der Waals surface area contributed by atoms with Crippen molar-refractivity contribution >= 4 is 23.6 Å². The lowest BCUT2D eigenvalue weighted by Gasteiger charge is -2.23. The van der Waals surface area contributed by atoms with Gasteiger partial charge in [-0.15, -0.1) is 0 Å². The second kappa shape index (κ2) is 5.55. The van der Waals surface area contributed by atoms with Crippen molar-refractivity contribution in [2.45, 2.75) is 19.3 Å². The molecule has 25 heavy (non-hydrogen) atoms. The number of fused-ring (bicyclic) bond motifs is 2. The first-order valence-electron chi connectivity index (χ1n) is 8.43. The molecule has 1 aliphatic carbocycles. The van der Waals surface area contributed by atoms with Crippen LogP contribution in [0.1, 0.15) is 29.9 Å². The summed E-state index contributed by atoms with van der Waals surface area (Å²) in [5.74, 6) is -0.0360. The van der Waals surface area contributed by atoms with Gasteiger partial charge in [-0.2, -0.15) is 0 Å². The lowest BCUT2D eigenvalue weighted by Crippen LogP contribution is -2.33. The van der Waals surface area contributed by atoms with Gasteiger partial charge in [0.15, 0.2) is 0 Å². The highest BCUT2D eigenvalue weighted by molar-refractivity contribution is 6.05. The monoisotopic (exact) mass is 328 g/mol. The summed E-state index contributed by atoms with van der Waals surface area (Å²) < 4.78 is 0. The Morgan fingerprint density at radius 2 is 1.92 bits per heavy atom. The number of nitrogens with zero attached hydrogens (tertiary/aromatic N) is 2. The van der Waals surface area contributed by atoms with Gasteiger partial charge in [0.2, 0.25) is 5.78 Å². The maximum absolute atomic E-state index is 12.0. The molecule has 3 heteroatoms. The normalized spacial score (nSPS) is 19.8. The van der Waals surface area contributed by atoms with Crippen molar-refractivity contribution in [3.8, 4) is 0 Å². The molecule has 0 fully saturated rings. The molecule has 1 aromatic heterocycles. The van der Waals surface area contributed by atoms with Crippen LogP contribution in [0, 0.1) is 0 Å². The fourth-order valence-corrected chi connectivity index (χ4v) is 3.79. The molecule has 2 aliphatic rings. The smallest absolute Gasteiger partial charge is 0.204 e. The fourth-order valence-electron chi connectivity index (χ4n) is 3.79. The van der Waals surface area contributed by atoms with E-state index in [9.17, 15) is 4.79 Å². The second-order valence-electron chi connectivity index (χ2n) is 6.97. The average molecular weight is 328 g/mol. The summed E-state index contributed by atoms with van der Waals surface area (Å²) in [6.07, 6.45) is 11.2. The van der Waals surface area contributed by atoms with E-state index in [0.29, 0.717) is 5.69 Å². The number of ketones is 1. The van der Waals surface area contributed by atoms with Gasteiger partial charge in [0, 0.05) is 35.3 Å². The molecule has 0 saturated carbocycles. The summed E-state index contributed by atoms with van der Waals surface area (Å²) >= 11 is 0. The van der Waals surface area contributed by atoms with Crippen molar-refractivity contribution in [2.24, 2.45) is 0 Å². The number of para-hydroxylation sites is 1. The molecule has 0 radical (unpaired) electrons. The zero-order chi connectivity index (χ0) is 17.6. The topological polar surface area (TPSA) is 33.2 Å². The summed E-state index contributed by atoms with van der Waals surface area (Å²) in [4.78, 5) is 18.5. The van der Waals surface area contributed by atoms with Gasteiger partial charge in [-0.25, -0.2) is 0 Å². The largest absolute Gasteiger partial charge is 0.347 e. The lowest BCUT2D eigenvalue weighted by molar-refractivity contribution is 0.104. The Bertz CT molecular complexity index is 1060. The van der Waals surface area contributed by atoms with Crippen molar-refractivity contribution in [1.82, 2.24) is 4.98 Å². The van der Waals surface area contributed by atoms with Crippen LogP contribution in [0.3, 0.4) is 0 Å². The first-order chi connectivity index (χ1) is 12.0. The number of allylic oxidation sites excluding steroid dienone is 4. The van der Waals surface area contributed by atoms with E-state index in [2.05, 4.69) is 67.2 Å². The third-order valence-electron chi connectivity index (χ3n) is 5.13. The third kappa shape index (κ3) is 2.35. The van der Waals surface area contributed by atoms with E-state index in [4.69, 9.17) is 0 Å². The molecule has 2 heterocycles. The Labute approximate surface area is 147 Å². The van der Waals surface area contributed by atoms with Crippen LogP contribution in [0.15, 0.2) is 60.5 Å². The molecule has 0 saturated heterocycles. The van der Waals surface area contributed by atoms with E-state index >= 15 is 0 Å². The maximum atomic E-state index is 12.0. The minimum Gasteiger partial charge on any atom is -0.347 e. The van der Waals surface area contributed by atoms with Gasteiger partial charge in [0.25, 0.3) is 0 Å². The van der Waals surface area contributed by atoms with Crippen molar-refractivity contribution in [1.29, 1.82) is 0 Å². The van der Waals surface area contributed by atoms with Gasteiger partial charge in [0.05, 0.1) is 0 Å². The molecule has 124 valence electrons. The van der Waals surface area contributed by atoms with Crippen LogP contribution in [0.4, 0.5) is 5.69 Å². The Morgan fingerprint density at radius 3 is 2.72 bits per heavy atom. The summed E-state index contributed by atoms with van der Waals surface area (Å²) in [5.41, 5.74) is 4.27. The highest BCUT2D eigenvalue weighted by Crippen LogP contribution is 2.46. The first kappa shape index (κ1) is 15.6. The number of carbonyl (C=O) groups excluding carboxylic acids is 1. The number of hydrogen-bond donors (Lipinski definition) is 0. The Hall–Kier alpha value is -2.94. The van der Waals surface area contributed by atoms with E-state index in [1.807, 2.05) is 12.1 Å². The third-order valence-corrected chi connectivity index (χ3v) is 5.13. The van der Waals surface area contributed by atoms with Crippen LogP contribution in [-0.4, -0.2) is 17.8 Å². The van der Waals surface area contributed by atoms with Crippen molar-refractivity contribution in [3.63, 3.8) is 0 Å². The highest BCUT2D eigenvalue weighted by Gasteiger charge is 2.37. The van der Waals surface area contributed by atoms with Gasteiger partial charge in [-0.05, 0) is 35.1 Å². The second-order valence-corrected chi connectivity index (χ2v) is 6.97. The number of rotatable bonds is 1. The fraction of sp³-hybridized carbons (Fsp3) is 0.182. The van der Waals surface area contributed by atoms with Crippen LogP contribution < -0.4 is 15.3 Å². The van der Waals surface area contributed by atoms with Crippen molar-refractivity contribution in [3.05, 3.63) is 82.1 Å². The number of carbonyl (C=O) groups is 1. The minimum atomic E-state index is -0.0611. The quantitative estimate of drug-likeness (QED) is 0.807. The van der Waals surface area contributed by atoms with E-state index in [-0.39, 0.29) is 11.2 Å². The molecule has 1 aromatic carbocycles. The molecule has 0 spiro atoms. The van der Waals surface area contributed by atoms with Crippen LogP contribution in [-0.2, 0) is 5.41 Å². The Balaban J connectivity index is 1.88. The van der Waals surface area contributed by atoms with Crippen molar-refractivity contribution < 1.29 is 4.79 Å². The lowest BCUT2D eigenvalue weighted by atomic mass is 9.84. The van der Waals surface area contributed by atoms with Gasteiger partial charge in [0.1, 0.15) is 5.69 Å². The predicted octanol–water partition coefficient (Wildman–Crippen LogP) is 2.71. The van der Waals surface area contributed by atoms with Crippen LogP contribution in [0.5, 0.6) is 0 Å². The molecule has 2 aromatic rings. The van der Waals surface area contributed by atoms with E-state index in [1.165, 1.54) is 16.9 Å². The standard InChI is InChI=1S/C22H20N2O/c1-22(2)17-8-4-5-9-18(17)24(3)20(22)12-11-15-13-14-23-21-16(15)7-6-10-19(21)25/h4-14H,1-3H3. The number of likely N-dealkylation sites (N-methyl/N-ethyl adjacent to an activating group) is 1. The SMILES string of the molecule is CN1C(=CC=c2ccnc3c2=CC=CC3=O)C(C)(C)c2ccccc21. The molecule has 0 amide bonds. The molecular weight excluding hydrogens is 308 g/mol. The number of hydrogen-bond acceptors (Lipinski definition) is 3. The molecule has 0 unspecified atom stereocenters. The Kier molecular flexibility index (Phi) is 3.46. The highest BCUT2D eigenvalue weighted by atomic mass is 16.1. The van der Waals surface area contributed by atoms with Crippen LogP contribution >= 0.6 is 0 Å². The van der Waals surface area contributed by atoms with Gasteiger partial charge in [-0.1, -0.05) is 50.3 Å². The number of aromatic nitrogens is 1. The number of pyridine rings is 1.